The molecule has 4 heteroatoms. The van der Waals surface area contributed by atoms with Gasteiger partial charge >= 0.3 is 0 Å². The van der Waals surface area contributed by atoms with Gasteiger partial charge < -0.3 is 14.7 Å². The van der Waals surface area contributed by atoms with Crippen molar-refractivity contribution in [1.82, 2.24) is 0 Å². The molecule has 2 rings (SSSR count). The lowest BCUT2D eigenvalue weighted by Gasteiger charge is -2.27. The zero-order chi connectivity index (χ0) is 13.8. The fourth-order valence-electron chi connectivity index (χ4n) is 2.47. The van der Waals surface area contributed by atoms with Crippen molar-refractivity contribution in [3.05, 3.63) is 28.8 Å². The summed E-state index contributed by atoms with van der Waals surface area (Å²) in [5, 5.41) is 10.3. The highest BCUT2D eigenvalue weighted by Gasteiger charge is 2.20. The van der Waals surface area contributed by atoms with Gasteiger partial charge in [-0.05, 0) is 44.4 Å². The van der Waals surface area contributed by atoms with Gasteiger partial charge in [0.05, 0.1) is 22.9 Å². The summed E-state index contributed by atoms with van der Waals surface area (Å²) in [6.07, 6.45) is 2.10. The molecule has 0 spiro atoms. The quantitative estimate of drug-likeness (QED) is 0.899. The third-order valence-corrected chi connectivity index (χ3v) is 3.93. The van der Waals surface area contributed by atoms with E-state index in [1.165, 1.54) is 0 Å². The van der Waals surface area contributed by atoms with Gasteiger partial charge in [0.25, 0.3) is 0 Å². The number of benzene rings is 1. The van der Waals surface area contributed by atoms with E-state index >= 15 is 0 Å². The maximum Gasteiger partial charge on any atom is 0.0762 e. The van der Waals surface area contributed by atoms with Crippen molar-refractivity contribution in [2.24, 2.45) is 0 Å². The summed E-state index contributed by atoms with van der Waals surface area (Å²) >= 11 is 6.34. The van der Waals surface area contributed by atoms with E-state index in [0.717, 1.165) is 43.8 Å². The Kier molecular flexibility index (Phi) is 5.08. The van der Waals surface area contributed by atoms with Gasteiger partial charge in [0, 0.05) is 19.7 Å². The van der Waals surface area contributed by atoms with E-state index in [1.807, 2.05) is 18.2 Å². The van der Waals surface area contributed by atoms with Crippen molar-refractivity contribution in [3.8, 4) is 0 Å². The lowest BCUT2D eigenvalue weighted by Crippen LogP contribution is -2.32. The maximum atomic E-state index is 9.57. The minimum atomic E-state index is -0.486. The van der Waals surface area contributed by atoms with Crippen LogP contribution in [0.2, 0.25) is 5.02 Å². The zero-order valence-electron chi connectivity index (χ0n) is 11.6. The van der Waals surface area contributed by atoms with E-state index in [1.54, 1.807) is 6.92 Å². The molecule has 106 valence electrons. The first kappa shape index (κ1) is 14.6. The Morgan fingerprint density at radius 2 is 2.32 bits per heavy atom. The largest absolute Gasteiger partial charge is 0.389 e. The molecule has 1 N–H and O–H groups in total. The lowest BCUT2D eigenvalue weighted by atomic mass is 10.1. The number of aliphatic hydroxyl groups excluding tert-OH is 1. The number of hydrogen-bond donors (Lipinski definition) is 1. The molecule has 1 aromatic rings. The molecule has 0 bridgehead atoms. The van der Waals surface area contributed by atoms with Gasteiger partial charge in [-0.1, -0.05) is 17.7 Å². The molecule has 2 atom stereocenters. The molecule has 0 saturated carbocycles. The Morgan fingerprint density at radius 3 is 2.84 bits per heavy atom. The van der Waals surface area contributed by atoms with Gasteiger partial charge in [0.1, 0.15) is 0 Å². The van der Waals surface area contributed by atoms with Crippen molar-refractivity contribution in [3.63, 3.8) is 0 Å². The number of aliphatic hydroxyl groups is 1. The SMILES string of the molecule is CCN(CC1CCCO1)c1ccc(C(C)O)cc1Cl. The predicted octanol–water partition coefficient (Wildman–Crippen LogP) is 3.40. The first-order chi connectivity index (χ1) is 9.11. The van der Waals surface area contributed by atoms with Gasteiger partial charge in [0.2, 0.25) is 0 Å². The number of rotatable bonds is 5. The van der Waals surface area contributed by atoms with Crippen LogP contribution in [0.5, 0.6) is 0 Å². The second kappa shape index (κ2) is 6.60. The van der Waals surface area contributed by atoms with E-state index in [2.05, 4.69) is 11.8 Å². The fourth-order valence-corrected chi connectivity index (χ4v) is 2.78. The summed E-state index contributed by atoms with van der Waals surface area (Å²) in [6, 6.07) is 5.77. The first-order valence-electron chi connectivity index (χ1n) is 6.96. The molecule has 1 saturated heterocycles. The number of ether oxygens (including phenoxy) is 1. The van der Waals surface area contributed by atoms with Crippen LogP contribution >= 0.6 is 11.6 Å². The first-order valence-corrected chi connectivity index (χ1v) is 7.33. The lowest BCUT2D eigenvalue weighted by molar-refractivity contribution is 0.115. The summed E-state index contributed by atoms with van der Waals surface area (Å²) in [6.45, 7) is 6.51. The summed E-state index contributed by atoms with van der Waals surface area (Å²) in [4.78, 5) is 2.24. The highest BCUT2D eigenvalue weighted by Crippen LogP contribution is 2.30. The summed E-state index contributed by atoms with van der Waals surface area (Å²) in [5.74, 6) is 0. The Labute approximate surface area is 120 Å². The average Bonchev–Trinajstić information content (AvgIpc) is 2.89. The van der Waals surface area contributed by atoms with Crippen LogP contribution in [0.4, 0.5) is 5.69 Å². The molecule has 2 unspecified atom stereocenters. The Balaban J connectivity index is 2.13. The van der Waals surface area contributed by atoms with Crippen molar-refractivity contribution in [2.75, 3.05) is 24.6 Å². The molecule has 19 heavy (non-hydrogen) atoms. The predicted molar refractivity (Wildman–Crippen MR) is 78.9 cm³/mol. The van der Waals surface area contributed by atoms with Crippen LogP contribution < -0.4 is 4.90 Å². The van der Waals surface area contributed by atoms with Crippen LogP contribution in [0.3, 0.4) is 0 Å². The van der Waals surface area contributed by atoms with E-state index in [9.17, 15) is 5.11 Å². The number of nitrogens with zero attached hydrogens (tertiary/aromatic N) is 1. The number of likely N-dealkylation sites (N-methyl/N-ethyl adjacent to an activating group) is 1. The molecule has 0 radical (unpaired) electrons. The minimum absolute atomic E-state index is 0.312. The molecule has 1 heterocycles. The van der Waals surface area contributed by atoms with Crippen LogP contribution in [0, 0.1) is 0 Å². The van der Waals surface area contributed by atoms with Crippen molar-refractivity contribution in [1.29, 1.82) is 0 Å². The summed E-state index contributed by atoms with van der Waals surface area (Å²) in [5.41, 5.74) is 1.87. The van der Waals surface area contributed by atoms with Crippen LogP contribution in [0.25, 0.3) is 0 Å². The minimum Gasteiger partial charge on any atom is -0.389 e. The molecule has 0 amide bonds. The Morgan fingerprint density at radius 1 is 1.53 bits per heavy atom. The van der Waals surface area contributed by atoms with Gasteiger partial charge in [0.15, 0.2) is 0 Å². The normalized spacial score (nSPS) is 20.5. The average molecular weight is 284 g/mol. The highest BCUT2D eigenvalue weighted by molar-refractivity contribution is 6.33. The second-order valence-corrected chi connectivity index (χ2v) is 5.47. The summed E-state index contributed by atoms with van der Waals surface area (Å²) < 4.78 is 5.68. The van der Waals surface area contributed by atoms with Crippen LogP contribution in [-0.2, 0) is 4.74 Å². The highest BCUT2D eigenvalue weighted by atomic mass is 35.5. The van der Waals surface area contributed by atoms with Crippen LogP contribution in [0.15, 0.2) is 18.2 Å². The van der Waals surface area contributed by atoms with Crippen molar-refractivity contribution < 1.29 is 9.84 Å². The third kappa shape index (κ3) is 3.62. The topological polar surface area (TPSA) is 32.7 Å². The third-order valence-electron chi connectivity index (χ3n) is 3.62. The van der Waals surface area contributed by atoms with Crippen LogP contribution in [0.1, 0.15) is 38.4 Å². The number of halogens is 1. The molecule has 0 aromatic heterocycles. The molecular weight excluding hydrogens is 262 g/mol. The summed E-state index contributed by atoms with van der Waals surface area (Å²) in [7, 11) is 0. The van der Waals surface area contributed by atoms with Gasteiger partial charge in [-0.15, -0.1) is 0 Å². The van der Waals surface area contributed by atoms with E-state index in [0.29, 0.717) is 11.1 Å². The molecule has 0 aliphatic carbocycles. The molecule has 3 nitrogen and oxygen atoms in total. The van der Waals surface area contributed by atoms with Gasteiger partial charge in [-0.25, -0.2) is 0 Å². The molecule has 1 aliphatic rings. The molecule has 1 fully saturated rings. The van der Waals surface area contributed by atoms with Crippen molar-refractivity contribution in [2.45, 2.75) is 38.9 Å². The monoisotopic (exact) mass is 283 g/mol. The standard InChI is InChI=1S/C15H22ClNO2/c1-3-17(10-13-5-4-8-19-13)15-7-6-12(11(2)18)9-14(15)16/h6-7,9,11,13,18H,3-5,8,10H2,1-2H3. The zero-order valence-corrected chi connectivity index (χ0v) is 12.4. The molecule has 1 aliphatic heterocycles. The Hall–Kier alpha value is -0.770. The maximum absolute atomic E-state index is 9.57. The second-order valence-electron chi connectivity index (χ2n) is 5.06. The van der Waals surface area contributed by atoms with Crippen molar-refractivity contribution >= 4 is 17.3 Å². The van der Waals surface area contributed by atoms with E-state index in [-0.39, 0.29) is 0 Å². The van der Waals surface area contributed by atoms with Crippen LogP contribution in [-0.4, -0.2) is 30.9 Å². The Bertz CT molecular complexity index is 417. The van der Waals surface area contributed by atoms with Gasteiger partial charge in [-0.3, -0.25) is 0 Å². The molecule has 1 aromatic carbocycles. The van der Waals surface area contributed by atoms with E-state index < -0.39 is 6.10 Å². The number of anilines is 1. The fraction of sp³-hybridized carbons (Fsp3) is 0.600. The van der Waals surface area contributed by atoms with Gasteiger partial charge in [-0.2, -0.15) is 0 Å². The number of hydrogen-bond acceptors (Lipinski definition) is 3. The smallest absolute Gasteiger partial charge is 0.0762 e. The van der Waals surface area contributed by atoms with E-state index in [4.69, 9.17) is 16.3 Å². The molecular formula is C15H22ClNO2.